The van der Waals surface area contributed by atoms with Gasteiger partial charge in [0.25, 0.3) is 0 Å². The van der Waals surface area contributed by atoms with Gasteiger partial charge in [0.05, 0.1) is 19.1 Å². The van der Waals surface area contributed by atoms with Gasteiger partial charge in [-0.1, -0.05) is 30.3 Å². The molecule has 0 unspecified atom stereocenters. The second-order valence-electron chi connectivity index (χ2n) is 4.93. The topological polar surface area (TPSA) is 55.8 Å². The standard InChI is InChI=1S/C18H20O4/c1-2-21-18(20)13-15(19)12-14-8-10-17(11-9-14)22-16-6-4-3-5-7-16/h3-11,15,19H,2,12-13H2,1H3/t15-/m0/s1. The summed E-state index contributed by atoms with van der Waals surface area (Å²) in [6.45, 7) is 2.08. The number of para-hydroxylation sites is 1. The Hall–Kier alpha value is -2.33. The van der Waals surface area contributed by atoms with E-state index in [4.69, 9.17) is 9.47 Å². The van der Waals surface area contributed by atoms with Gasteiger partial charge in [0.1, 0.15) is 11.5 Å². The van der Waals surface area contributed by atoms with Crippen molar-refractivity contribution in [2.75, 3.05) is 6.61 Å². The van der Waals surface area contributed by atoms with Crippen LogP contribution in [0.5, 0.6) is 11.5 Å². The van der Waals surface area contributed by atoms with E-state index in [9.17, 15) is 9.90 Å². The Kier molecular flexibility index (Phi) is 5.98. The van der Waals surface area contributed by atoms with Crippen LogP contribution in [0.4, 0.5) is 0 Å². The molecule has 2 aromatic rings. The van der Waals surface area contributed by atoms with E-state index in [-0.39, 0.29) is 12.4 Å². The smallest absolute Gasteiger partial charge is 0.308 e. The lowest BCUT2D eigenvalue weighted by atomic mass is 10.1. The zero-order chi connectivity index (χ0) is 15.8. The van der Waals surface area contributed by atoms with Crippen LogP contribution in [-0.2, 0) is 16.0 Å². The van der Waals surface area contributed by atoms with Crippen LogP contribution in [-0.4, -0.2) is 23.8 Å². The Bertz CT molecular complexity index is 578. The molecule has 1 atom stereocenters. The van der Waals surface area contributed by atoms with Crippen molar-refractivity contribution in [3.63, 3.8) is 0 Å². The number of ether oxygens (including phenoxy) is 2. The van der Waals surface area contributed by atoms with Crippen molar-refractivity contribution in [3.8, 4) is 11.5 Å². The molecule has 4 heteroatoms. The number of esters is 1. The summed E-state index contributed by atoms with van der Waals surface area (Å²) in [6, 6.07) is 17.0. The number of aliphatic hydroxyl groups excluding tert-OH is 1. The average molecular weight is 300 g/mol. The van der Waals surface area contributed by atoms with Crippen molar-refractivity contribution < 1.29 is 19.4 Å². The number of hydrogen-bond donors (Lipinski definition) is 1. The molecule has 0 radical (unpaired) electrons. The number of hydrogen-bond acceptors (Lipinski definition) is 4. The molecule has 4 nitrogen and oxygen atoms in total. The number of rotatable bonds is 7. The zero-order valence-corrected chi connectivity index (χ0v) is 12.6. The summed E-state index contributed by atoms with van der Waals surface area (Å²) < 4.78 is 10.5. The van der Waals surface area contributed by atoms with Gasteiger partial charge in [-0.3, -0.25) is 4.79 Å². The van der Waals surface area contributed by atoms with Crippen molar-refractivity contribution in [3.05, 3.63) is 60.2 Å². The molecule has 0 heterocycles. The van der Waals surface area contributed by atoms with E-state index in [1.165, 1.54) is 0 Å². The highest BCUT2D eigenvalue weighted by molar-refractivity contribution is 5.69. The van der Waals surface area contributed by atoms with Crippen LogP contribution >= 0.6 is 0 Å². The largest absolute Gasteiger partial charge is 0.466 e. The fraction of sp³-hybridized carbons (Fsp3) is 0.278. The highest BCUT2D eigenvalue weighted by atomic mass is 16.5. The fourth-order valence-electron chi connectivity index (χ4n) is 2.07. The minimum atomic E-state index is -0.736. The van der Waals surface area contributed by atoms with E-state index in [0.717, 1.165) is 17.1 Å². The molecule has 0 bridgehead atoms. The van der Waals surface area contributed by atoms with Crippen LogP contribution in [0.1, 0.15) is 18.9 Å². The molecule has 0 amide bonds. The lowest BCUT2D eigenvalue weighted by Crippen LogP contribution is -2.18. The third-order valence-electron chi connectivity index (χ3n) is 3.08. The second-order valence-corrected chi connectivity index (χ2v) is 4.93. The molecule has 0 aliphatic carbocycles. The molecule has 0 aliphatic heterocycles. The summed E-state index contributed by atoms with van der Waals surface area (Å²) in [7, 11) is 0. The molecule has 0 saturated carbocycles. The first-order valence-corrected chi connectivity index (χ1v) is 7.33. The third kappa shape index (κ3) is 5.22. The maximum Gasteiger partial charge on any atom is 0.308 e. The SMILES string of the molecule is CCOC(=O)C[C@@H](O)Cc1ccc(Oc2ccccc2)cc1. The molecule has 0 aromatic heterocycles. The number of carbonyl (C=O) groups excluding carboxylic acids is 1. The van der Waals surface area contributed by atoms with Gasteiger partial charge in [0, 0.05) is 0 Å². The third-order valence-corrected chi connectivity index (χ3v) is 3.08. The van der Waals surface area contributed by atoms with Gasteiger partial charge in [-0.05, 0) is 43.2 Å². The Labute approximate surface area is 130 Å². The van der Waals surface area contributed by atoms with Gasteiger partial charge in [-0.25, -0.2) is 0 Å². The van der Waals surface area contributed by atoms with Crippen molar-refractivity contribution in [1.82, 2.24) is 0 Å². The molecule has 0 aliphatic rings. The summed E-state index contributed by atoms with van der Waals surface area (Å²) in [5, 5.41) is 9.87. The maximum absolute atomic E-state index is 11.3. The summed E-state index contributed by atoms with van der Waals surface area (Å²) in [6.07, 6.45) is -0.319. The van der Waals surface area contributed by atoms with Gasteiger partial charge >= 0.3 is 5.97 Å². The molecule has 0 saturated heterocycles. The minimum Gasteiger partial charge on any atom is -0.466 e. The normalized spacial score (nSPS) is 11.7. The lowest BCUT2D eigenvalue weighted by molar-refractivity contribution is -0.145. The van der Waals surface area contributed by atoms with E-state index in [2.05, 4.69) is 0 Å². The summed E-state index contributed by atoms with van der Waals surface area (Å²) >= 11 is 0. The monoisotopic (exact) mass is 300 g/mol. The number of carbonyl (C=O) groups is 1. The van der Waals surface area contributed by atoms with Gasteiger partial charge < -0.3 is 14.6 Å². The van der Waals surface area contributed by atoms with Crippen molar-refractivity contribution in [1.29, 1.82) is 0 Å². The quantitative estimate of drug-likeness (QED) is 0.797. The molecule has 1 N–H and O–H groups in total. The summed E-state index contributed by atoms with van der Waals surface area (Å²) in [4.78, 5) is 11.3. The molecule has 2 aromatic carbocycles. The molecule has 0 fully saturated rings. The Balaban J connectivity index is 1.87. The van der Waals surface area contributed by atoms with E-state index >= 15 is 0 Å². The first-order valence-electron chi connectivity index (χ1n) is 7.33. The van der Waals surface area contributed by atoms with Gasteiger partial charge in [0.15, 0.2) is 0 Å². The fourth-order valence-corrected chi connectivity index (χ4v) is 2.07. The van der Waals surface area contributed by atoms with Gasteiger partial charge in [0.2, 0.25) is 0 Å². The summed E-state index contributed by atoms with van der Waals surface area (Å²) in [5.74, 6) is 1.13. The van der Waals surface area contributed by atoms with Crippen LogP contribution in [0.25, 0.3) is 0 Å². The van der Waals surface area contributed by atoms with Crippen molar-refractivity contribution in [2.24, 2.45) is 0 Å². The van der Waals surface area contributed by atoms with E-state index < -0.39 is 6.10 Å². The van der Waals surface area contributed by atoms with E-state index in [1.54, 1.807) is 6.92 Å². The summed E-state index contributed by atoms with van der Waals surface area (Å²) in [5.41, 5.74) is 0.942. The highest BCUT2D eigenvalue weighted by Gasteiger charge is 2.12. The van der Waals surface area contributed by atoms with Gasteiger partial charge in [-0.2, -0.15) is 0 Å². The van der Waals surface area contributed by atoms with Crippen LogP contribution in [0.2, 0.25) is 0 Å². The van der Waals surface area contributed by atoms with E-state index in [0.29, 0.717) is 13.0 Å². The Morgan fingerprint density at radius 2 is 1.68 bits per heavy atom. The molecule has 0 spiro atoms. The first-order chi connectivity index (χ1) is 10.7. The van der Waals surface area contributed by atoms with Crippen LogP contribution < -0.4 is 4.74 Å². The minimum absolute atomic E-state index is 0.0100. The number of benzene rings is 2. The van der Waals surface area contributed by atoms with Gasteiger partial charge in [-0.15, -0.1) is 0 Å². The molecule has 22 heavy (non-hydrogen) atoms. The maximum atomic E-state index is 11.3. The average Bonchev–Trinajstić information content (AvgIpc) is 2.50. The molecular weight excluding hydrogens is 280 g/mol. The highest BCUT2D eigenvalue weighted by Crippen LogP contribution is 2.21. The van der Waals surface area contributed by atoms with Crippen molar-refractivity contribution in [2.45, 2.75) is 25.9 Å². The first kappa shape index (κ1) is 16.0. The van der Waals surface area contributed by atoms with E-state index in [1.807, 2.05) is 54.6 Å². The zero-order valence-electron chi connectivity index (χ0n) is 12.6. The lowest BCUT2D eigenvalue weighted by Gasteiger charge is -2.11. The number of aliphatic hydroxyl groups is 1. The second kappa shape index (κ2) is 8.20. The van der Waals surface area contributed by atoms with Crippen molar-refractivity contribution >= 4 is 5.97 Å². The molecule has 116 valence electrons. The Morgan fingerprint density at radius 3 is 2.32 bits per heavy atom. The van der Waals surface area contributed by atoms with Crippen LogP contribution in [0.3, 0.4) is 0 Å². The predicted octanol–water partition coefficient (Wildman–Crippen LogP) is 3.34. The Morgan fingerprint density at radius 1 is 1.05 bits per heavy atom. The molecule has 2 rings (SSSR count). The predicted molar refractivity (Wildman–Crippen MR) is 83.9 cm³/mol. The van der Waals surface area contributed by atoms with Crippen LogP contribution in [0.15, 0.2) is 54.6 Å². The molecular formula is C18H20O4. The van der Waals surface area contributed by atoms with Crippen LogP contribution in [0, 0.1) is 0 Å².